The zero-order valence-electron chi connectivity index (χ0n) is 21.8. The Morgan fingerprint density at radius 3 is 2.39 bits per heavy atom. The zero-order chi connectivity index (χ0) is 26.5. The second-order valence-electron chi connectivity index (χ2n) is 9.66. The lowest BCUT2D eigenvalue weighted by Gasteiger charge is -2.35. The van der Waals surface area contributed by atoms with Crippen molar-refractivity contribution in [2.45, 2.75) is 19.0 Å². The molecule has 198 valence electrons. The number of rotatable bonds is 8. The lowest BCUT2D eigenvalue weighted by atomic mass is 9.97. The summed E-state index contributed by atoms with van der Waals surface area (Å²) in [6.07, 6.45) is 0.461. The van der Waals surface area contributed by atoms with Gasteiger partial charge in [-0.25, -0.2) is 9.40 Å². The van der Waals surface area contributed by atoms with E-state index in [0.717, 1.165) is 38.3 Å². The third kappa shape index (κ3) is 5.87. The van der Waals surface area contributed by atoms with Crippen molar-refractivity contribution in [1.82, 2.24) is 14.8 Å². The van der Waals surface area contributed by atoms with Gasteiger partial charge in [-0.05, 0) is 29.8 Å². The predicted octanol–water partition coefficient (Wildman–Crippen LogP) is 4.34. The molecule has 3 aromatic carbocycles. The molecule has 2 aliphatic rings. The molecular formula is C30H33FN4O3. The fourth-order valence-corrected chi connectivity index (χ4v) is 5.13. The van der Waals surface area contributed by atoms with E-state index in [1.54, 1.807) is 25.3 Å². The fraction of sp³-hybridized carbons (Fsp3) is 0.333. The van der Waals surface area contributed by atoms with E-state index in [4.69, 9.17) is 14.6 Å². The SMILES string of the molecule is COc1ccc([C@H]2CC(c3cccc(F)c3)=NN2C(=O)CN2CCN(Cc3ccccc3)CC2)c(OC)c1. The van der Waals surface area contributed by atoms with E-state index in [-0.39, 0.29) is 24.3 Å². The monoisotopic (exact) mass is 516 g/mol. The molecular weight excluding hydrogens is 483 g/mol. The van der Waals surface area contributed by atoms with Crippen LogP contribution in [-0.4, -0.2) is 73.4 Å². The summed E-state index contributed by atoms with van der Waals surface area (Å²) in [5, 5.41) is 6.28. The van der Waals surface area contributed by atoms with Crippen molar-refractivity contribution in [1.29, 1.82) is 0 Å². The average molecular weight is 517 g/mol. The normalized spacial score (nSPS) is 18.3. The van der Waals surface area contributed by atoms with Crippen molar-refractivity contribution in [3.8, 4) is 11.5 Å². The fourth-order valence-electron chi connectivity index (χ4n) is 5.13. The lowest BCUT2D eigenvalue weighted by molar-refractivity contribution is -0.134. The van der Waals surface area contributed by atoms with Crippen molar-refractivity contribution in [3.63, 3.8) is 0 Å². The van der Waals surface area contributed by atoms with E-state index in [9.17, 15) is 9.18 Å². The van der Waals surface area contributed by atoms with E-state index < -0.39 is 0 Å². The van der Waals surface area contributed by atoms with Gasteiger partial charge >= 0.3 is 0 Å². The second kappa shape index (κ2) is 11.8. The van der Waals surface area contributed by atoms with Crippen LogP contribution in [0.2, 0.25) is 0 Å². The number of methoxy groups -OCH3 is 2. The van der Waals surface area contributed by atoms with Gasteiger partial charge < -0.3 is 9.47 Å². The van der Waals surface area contributed by atoms with Crippen molar-refractivity contribution in [3.05, 3.63) is 95.3 Å². The van der Waals surface area contributed by atoms with Crippen LogP contribution >= 0.6 is 0 Å². The Hall–Kier alpha value is -3.75. The molecule has 0 aromatic heterocycles. The molecule has 1 atom stereocenters. The molecule has 7 nitrogen and oxygen atoms in total. The molecule has 0 radical (unpaired) electrons. The molecule has 2 aliphatic heterocycles. The number of halogens is 1. The minimum Gasteiger partial charge on any atom is -0.497 e. The van der Waals surface area contributed by atoms with Crippen LogP contribution in [0.5, 0.6) is 11.5 Å². The van der Waals surface area contributed by atoms with Crippen LogP contribution < -0.4 is 9.47 Å². The van der Waals surface area contributed by atoms with E-state index in [1.165, 1.54) is 17.7 Å². The minimum absolute atomic E-state index is 0.0872. The third-order valence-electron chi connectivity index (χ3n) is 7.20. The first-order valence-electron chi connectivity index (χ1n) is 12.9. The summed E-state index contributed by atoms with van der Waals surface area (Å²) in [5.41, 5.74) is 3.48. The topological polar surface area (TPSA) is 57.6 Å². The Labute approximate surface area is 223 Å². The Morgan fingerprint density at radius 2 is 1.68 bits per heavy atom. The Balaban J connectivity index is 1.32. The summed E-state index contributed by atoms with van der Waals surface area (Å²) in [6, 6.07) is 22.0. The number of piperazine rings is 1. The first kappa shape index (κ1) is 25.9. The summed E-state index contributed by atoms with van der Waals surface area (Å²) in [5.74, 6) is 0.871. The van der Waals surface area contributed by atoms with Gasteiger partial charge in [0.25, 0.3) is 5.91 Å². The molecule has 1 fully saturated rings. The van der Waals surface area contributed by atoms with E-state index in [1.807, 2.05) is 30.3 Å². The summed E-state index contributed by atoms with van der Waals surface area (Å²) in [6.45, 7) is 4.60. The molecule has 0 aliphatic carbocycles. The number of carbonyl (C=O) groups excluding carboxylic acids is 1. The van der Waals surface area contributed by atoms with Gasteiger partial charge in [-0.1, -0.05) is 42.5 Å². The summed E-state index contributed by atoms with van der Waals surface area (Å²) >= 11 is 0. The molecule has 8 heteroatoms. The largest absolute Gasteiger partial charge is 0.497 e. The maximum absolute atomic E-state index is 14.0. The van der Waals surface area contributed by atoms with Gasteiger partial charge in [-0.15, -0.1) is 0 Å². The van der Waals surface area contributed by atoms with Gasteiger partial charge in [0.2, 0.25) is 0 Å². The summed E-state index contributed by atoms with van der Waals surface area (Å²) in [4.78, 5) is 18.3. The van der Waals surface area contributed by atoms with Gasteiger partial charge in [0, 0.05) is 56.3 Å². The quantitative estimate of drug-likeness (QED) is 0.446. The van der Waals surface area contributed by atoms with Crippen LogP contribution in [0.3, 0.4) is 0 Å². The van der Waals surface area contributed by atoms with Crippen LogP contribution in [0.4, 0.5) is 4.39 Å². The van der Waals surface area contributed by atoms with Crippen LogP contribution in [-0.2, 0) is 11.3 Å². The number of ether oxygens (including phenoxy) is 2. The van der Waals surface area contributed by atoms with Crippen LogP contribution in [0.15, 0.2) is 77.9 Å². The van der Waals surface area contributed by atoms with Crippen molar-refractivity contribution in [2.75, 3.05) is 46.9 Å². The van der Waals surface area contributed by atoms with Crippen LogP contribution in [0.25, 0.3) is 0 Å². The molecule has 0 bridgehead atoms. The lowest BCUT2D eigenvalue weighted by Crippen LogP contribution is -2.49. The number of hydrogen-bond acceptors (Lipinski definition) is 6. The molecule has 2 heterocycles. The standard InChI is InChI=1S/C30H33FN4O3/c1-37-25-11-12-26(29(18-25)38-2)28-19-27(23-9-6-10-24(31)17-23)32-35(28)30(36)21-34-15-13-33(14-16-34)20-22-7-4-3-5-8-22/h3-12,17-18,28H,13-16,19-21H2,1-2H3/t28-/m1/s1. The number of amides is 1. The van der Waals surface area contributed by atoms with Crippen molar-refractivity contribution < 1.29 is 18.7 Å². The summed E-state index contributed by atoms with van der Waals surface area (Å²) < 4.78 is 25.0. The van der Waals surface area contributed by atoms with Gasteiger partial charge in [0.05, 0.1) is 32.5 Å². The molecule has 0 unspecified atom stereocenters. The number of hydrazone groups is 1. The van der Waals surface area contributed by atoms with Crippen molar-refractivity contribution in [2.24, 2.45) is 5.10 Å². The molecule has 3 aromatic rings. The van der Waals surface area contributed by atoms with E-state index >= 15 is 0 Å². The molecule has 38 heavy (non-hydrogen) atoms. The highest BCUT2D eigenvalue weighted by Crippen LogP contribution is 2.39. The number of hydrogen-bond donors (Lipinski definition) is 0. The maximum Gasteiger partial charge on any atom is 0.257 e. The summed E-state index contributed by atoms with van der Waals surface area (Å²) in [7, 11) is 3.20. The van der Waals surface area contributed by atoms with E-state index in [2.05, 4.69) is 34.1 Å². The minimum atomic E-state index is -0.360. The van der Waals surface area contributed by atoms with Crippen LogP contribution in [0.1, 0.15) is 29.2 Å². The van der Waals surface area contributed by atoms with Gasteiger partial charge in [0.1, 0.15) is 17.3 Å². The molecule has 0 saturated carbocycles. The number of nitrogens with zero attached hydrogens (tertiary/aromatic N) is 4. The third-order valence-corrected chi connectivity index (χ3v) is 7.20. The zero-order valence-corrected chi connectivity index (χ0v) is 21.8. The van der Waals surface area contributed by atoms with Gasteiger partial charge in [0.15, 0.2) is 0 Å². The highest BCUT2D eigenvalue weighted by Gasteiger charge is 2.36. The first-order chi connectivity index (χ1) is 18.5. The van der Waals surface area contributed by atoms with Gasteiger partial charge in [-0.2, -0.15) is 5.10 Å². The molecule has 1 amide bonds. The second-order valence-corrected chi connectivity index (χ2v) is 9.66. The van der Waals surface area contributed by atoms with Crippen molar-refractivity contribution >= 4 is 11.6 Å². The Morgan fingerprint density at radius 1 is 0.921 bits per heavy atom. The maximum atomic E-state index is 14.0. The molecule has 1 saturated heterocycles. The van der Waals surface area contributed by atoms with Crippen LogP contribution in [0, 0.1) is 5.82 Å². The predicted molar refractivity (Wildman–Crippen MR) is 145 cm³/mol. The number of carbonyl (C=O) groups is 1. The van der Waals surface area contributed by atoms with E-state index in [0.29, 0.717) is 29.2 Å². The number of benzene rings is 3. The Kier molecular flexibility index (Phi) is 8.00. The smallest absolute Gasteiger partial charge is 0.257 e. The Bertz CT molecular complexity index is 1290. The highest BCUT2D eigenvalue weighted by molar-refractivity contribution is 6.03. The molecule has 0 N–H and O–H groups in total. The molecule has 5 rings (SSSR count). The highest BCUT2D eigenvalue weighted by atomic mass is 19.1. The van der Waals surface area contributed by atoms with Gasteiger partial charge in [-0.3, -0.25) is 14.6 Å². The average Bonchev–Trinajstić information content (AvgIpc) is 3.40. The molecule has 0 spiro atoms. The first-order valence-corrected chi connectivity index (χ1v) is 12.9.